The second kappa shape index (κ2) is 8.82. The zero-order valence-electron chi connectivity index (χ0n) is 13.7. The fourth-order valence-electron chi connectivity index (χ4n) is 1.97. The fraction of sp³-hybridized carbons (Fsp3) is 0.176. The summed E-state index contributed by atoms with van der Waals surface area (Å²) in [6.45, 7) is 0.629. The summed E-state index contributed by atoms with van der Waals surface area (Å²) in [5, 5.41) is 13.7. The van der Waals surface area contributed by atoms with Crippen molar-refractivity contribution in [3.05, 3.63) is 63.2 Å². The smallest absolute Gasteiger partial charge is 0.344 e. The van der Waals surface area contributed by atoms with Crippen molar-refractivity contribution in [3.63, 3.8) is 0 Å². The van der Waals surface area contributed by atoms with Crippen LogP contribution in [0.4, 0.5) is 11.4 Å². The number of hydrogen-bond donors (Lipinski definition) is 1. The van der Waals surface area contributed by atoms with Crippen molar-refractivity contribution in [2.75, 3.05) is 18.5 Å². The van der Waals surface area contributed by atoms with Crippen molar-refractivity contribution in [1.82, 2.24) is 0 Å². The Bertz CT molecular complexity index is 840. The van der Waals surface area contributed by atoms with Crippen LogP contribution >= 0.6 is 11.6 Å². The molecule has 9 heteroatoms. The minimum Gasteiger partial charge on any atom is -0.480 e. The molecule has 2 aromatic rings. The van der Waals surface area contributed by atoms with Crippen molar-refractivity contribution in [2.24, 2.45) is 0 Å². The number of hydrogen-bond acceptors (Lipinski definition) is 6. The number of nitrogens with zero attached hydrogens (tertiary/aromatic N) is 1. The summed E-state index contributed by atoms with van der Waals surface area (Å²) in [6, 6.07) is 10.9. The number of carbonyl (C=O) groups excluding carboxylic acids is 2. The molecule has 0 heterocycles. The SMILES string of the molecule is Cc1ccc(NC(=O)COC(=O)COc2ccccc2Cl)cc1[N+](=O)[O-]. The molecule has 0 unspecified atom stereocenters. The Kier molecular flexibility index (Phi) is 6.51. The number of para-hydroxylation sites is 1. The summed E-state index contributed by atoms with van der Waals surface area (Å²) >= 11 is 5.88. The second-order valence-electron chi connectivity index (χ2n) is 5.19. The normalized spacial score (nSPS) is 10.1. The van der Waals surface area contributed by atoms with Gasteiger partial charge in [-0.2, -0.15) is 0 Å². The molecule has 0 saturated carbocycles. The fourth-order valence-corrected chi connectivity index (χ4v) is 2.16. The minimum atomic E-state index is -0.755. The number of carbonyl (C=O) groups is 2. The Hall–Kier alpha value is -3.13. The predicted molar refractivity (Wildman–Crippen MR) is 94.4 cm³/mol. The molecule has 0 saturated heterocycles. The van der Waals surface area contributed by atoms with E-state index in [-0.39, 0.29) is 11.4 Å². The lowest BCUT2D eigenvalue weighted by atomic mass is 10.2. The van der Waals surface area contributed by atoms with Gasteiger partial charge in [0, 0.05) is 17.3 Å². The molecule has 136 valence electrons. The number of benzene rings is 2. The Balaban J connectivity index is 1.81. The number of amides is 1. The van der Waals surface area contributed by atoms with Crippen LogP contribution in [0.2, 0.25) is 5.02 Å². The minimum absolute atomic E-state index is 0.118. The van der Waals surface area contributed by atoms with Crippen LogP contribution in [0.25, 0.3) is 0 Å². The maximum absolute atomic E-state index is 11.8. The van der Waals surface area contributed by atoms with Gasteiger partial charge >= 0.3 is 5.97 Å². The number of aryl methyl sites for hydroxylation is 1. The number of rotatable bonds is 7. The quantitative estimate of drug-likeness (QED) is 0.450. The molecule has 8 nitrogen and oxygen atoms in total. The summed E-state index contributed by atoms with van der Waals surface area (Å²) in [7, 11) is 0. The van der Waals surface area contributed by atoms with E-state index in [1.54, 1.807) is 31.2 Å². The van der Waals surface area contributed by atoms with Crippen LogP contribution in [0.1, 0.15) is 5.56 Å². The average Bonchev–Trinajstić information content (AvgIpc) is 2.60. The van der Waals surface area contributed by atoms with E-state index in [1.165, 1.54) is 18.2 Å². The molecule has 0 aliphatic carbocycles. The molecular weight excluding hydrogens is 364 g/mol. The molecule has 0 aliphatic heterocycles. The van der Waals surface area contributed by atoms with E-state index in [2.05, 4.69) is 5.32 Å². The van der Waals surface area contributed by atoms with Crippen molar-refractivity contribution in [1.29, 1.82) is 0 Å². The highest BCUT2D eigenvalue weighted by molar-refractivity contribution is 6.32. The van der Waals surface area contributed by atoms with Crippen LogP contribution in [0.5, 0.6) is 5.75 Å². The van der Waals surface area contributed by atoms with Crippen LogP contribution < -0.4 is 10.1 Å². The van der Waals surface area contributed by atoms with Gasteiger partial charge in [0.25, 0.3) is 11.6 Å². The number of nitro benzene ring substituents is 1. The summed E-state index contributed by atoms with van der Waals surface area (Å²) in [5.41, 5.74) is 0.583. The molecule has 0 atom stereocenters. The van der Waals surface area contributed by atoms with Gasteiger partial charge in [-0.1, -0.05) is 29.8 Å². The predicted octanol–water partition coefficient (Wildman–Crippen LogP) is 3.12. The Labute approximate surface area is 153 Å². The molecule has 26 heavy (non-hydrogen) atoms. The maximum Gasteiger partial charge on any atom is 0.344 e. The highest BCUT2D eigenvalue weighted by Crippen LogP contribution is 2.23. The first-order chi connectivity index (χ1) is 12.4. The largest absolute Gasteiger partial charge is 0.480 e. The van der Waals surface area contributed by atoms with Crippen LogP contribution in [0.15, 0.2) is 42.5 Å². The van der Waals surface area contributed by atoms with E-state index in [9.17, 15) is 19.7 Å². The standard InChI is InChI=1S/C17H15ClN2O6/c1-11-6-7-12(8-14(11)20(23)24)19-16(21)9-26-17(22)10-25-15-5-3-2-4-13(15)18/h2-8H,9-10H2,1H3,(H,19,21). The van der Waals surface area contributed by atoms with Gasteiger partial charge in [0.05, 0.1) is 9.95 Å². The number of esters is 1. The average molecular weight is 379 g/mol. The number of nitro groups is 1. The zero-order chi connectivity index (χ0) is 19.1. The zero-order valence-corrected chi connectivity index (χ0v) is 14.5. The first-order valence-corrected chi connectivity index (χ1v) is 7.82. The number of nitrogens with one attached hydrogen (secondary N) is 1. The molecular formula is C17H15ClN2O6. The number of ether oxygens (including phenoxy) is 2. The van der Waals surface area contributed by atoms with E-state index < -0.39 is 30.0 Å². The molecule has 2 rings (SSSR count). The van der Waals surface area contributed by atoms with Crippen LogP contribution in [-0.4, -0.2) is 30.0 Å². The molecule has 1 amide bonds. The lowest BCUT2D eigenvalue weighted by Gasteiger charge is -2.09. The third-order valence-electron chi connectivity index (χ3n) is 3.24. The van der Waals surface area contributed by atoms with Crippen molar-refractivity contribution in [2.45, 2.75) is 6.92 Å². The molecule has 2 aromatic carbocycles. The number of halogens is 1. The van der Waals surface area contributed by atoms with Gasteiger partial charge in [-0.05, 0) is 25.1 Å². The van der Waals surface area contributed by atoms with Gasteiger partial charge in [0.15, 0.2) is 13.2 Å². The third-order valence-corrected chi connectivity index (χ3v) is 3.55. The summed E-state index contributed by atoms with van der Waals surface area (Å²) < 4.78 is 9.98. The van der Waals surface area contributed by atoms with Gasteiger partial charge in [0.1, 0.15) is 5.75 Å². The van der Waals surface area contributed by atoms with E-state index >= 15 is 0 Å². The van der Waals surface area contributed by atoms with Crippen LogP contribution in [-0.2, 0) is 14.3 Å². The van der Waals surface area contributed by atoms with E-state index in [1.807, 2.05) is 0 Å². The highest BCUT2D eigenvalue weighted by Gasteiger charge is 2.14. The van der Waals surface area contributed by atoms with Gasteiger partial charge in [-0.25, -0.2) is 4.79 Å². The van der Waals surface area contributed by atoms with Crippen LogP contribution in [0.3, 0.4) is 0 Å². The molecule has 0 bridgehead atoms. The molecule has 0 aliphatic rings. The first-order valence-electron chi connectivity index (χ1n) is 7.44. The third kappa shape index (κ3) is 5.45. The van der Waals surface area contributed by atoms with Gasteiger partial charge in [-0.3, -0.25) is 14.9 Å². The first kappa shape index (κ1) is 19.2. The van der Waals surface area contributed by atoms with E-state index in [4.69, 9.17) is 21.1 Å². The summed E-state index contributed by atoms with van der Waals surface area (Å²) in [6.07, 6.45) is 0. The molecule has 0 aromatic heterocycles. The van der Waals surface area contributed by atoms with E-state index in [0.717, 1.165) is 0 Å². The Morgan fingerprint density at radius 1 is 1.19 bits per heavy atom. The van der Waals surface area contributed by atoms with Gasteiger partial charge in [-0.15, -0.1) is 0 Å². The topological polar surface area (TPSA) is 108 Å². The molecule has 0 spiro atoms. The van der Waals surface area contributed by atoms with Crippen molar-refractivity contribution < 1.29 is 24.0 Å². The maximum atomic E-state index is 11.8. The van der Waals surface area contributed by atoms with Crippen LogP contribution in [0, 0.1) is 17.0 Å². The van der Waals surface area contributed by atoms with E-state index in [0.29, 0.717) is 16.3 Å². The monoisotopic (exact) mass is 378 g/mol. The van der Waals surface area contributed by atoms with Gasteiger partial charge in [0.2, 0.25) is 0 Å². The number of anilines is 1. The Morgan fingerprint density at radius 3 is 2.62 bits per heavy atom. The lowest BCUT2D eigenvalue weighted by molar-refractivity contribution is -0.385. The highest BCUT2D eigenvalue weighted by atomic mass is 35.5. The molecule has 0 fully saturated rings. The molecule has 1 N–H and O–H groups in total. The molecule has 0 radical (unpaired) electrons. The van der Waals surface area contributed by atoms with Crippen molar-refractivity contribution in [3.8, 4) is 5.75 Å². The summed E-state index contributed by atoms with van der Waals surface area (Å²) in [5.74, 6) is -1.06. The summed E-state index contributed by atoms with van der Waals surface area (Å²) in [4.78, 5) is 33.7. The van der Waals surface area contributed by atoms with Crippen molar-refractivity contribution >= 4 is 34.9 Å². The lowest BCUT2D eigenvalue weighted by Crippen LogP contribution is -2.23. The Morgan fingerprint density at radius 2 is 1.92 bits per heavy atom. The second-order valence-corrected chi connectivity index (χ2v) is 5.59. The van der Waals surface area contributed by atoms with Gasteiger partial charge < -0.3 is 14.8 Å².